The lowest BCUT2D eigenvalue weighted by molar-refractivity contribution is 0.188. The first kappa shape index (κ1) is 19.2. The highest BCUT2D eigenvalue weighted by Gasteiger charge is 2.05. The fraction of sp³-hybridized carbons (Fsp3) is 0.294. The van der Waals surface area contributed by atoms with Gasteiger partial charge in [-0.1, -0.05) is 48.0 Å². The van der Waals surface area contributed by atoms with Gasteiger partial charge in [0.1, 0.15) is 0 Å². The monoisotopic (exact) mass is 337 g/mol. The molecule has 0 amide bonds. The van der Waals surface area contributed by atoms with Gasteiger partial charge in [-0.25, -0.2) is 0 Å². The van der Waals surface area contributed by atoms with Crippen molar-refractivity contribution in [2.45, 2.75) is 19.4 Å². The van der Waals surface area contributed by atoms with Gasteiger partial charge in [0.25, 0.3) is 10.1 Å². The van der Waals surface area contributed by atoms with E-state index in [0.717, 1.165) is 5.69 Å². The number of aliphatic hydroxyl groups excluding tert-OH is 1. The first-order valence-electron chi connectivity index (χ1n) is 7.19. The summed E-state index contributed by atoms with van der Waals surface area (Å²) in [6.07, 6.45) is 1.03. The van der Waals surface area contributed by atoms with Crippen molar-refractivity contribution >= 4 is 15.8 Å². The highest BCUT2D eigenvalue weighted by atomic mass is 32.2. The van der Waals surface area contributed by atoms with Crippen LogP contribution in [0.15, 0.2) is 54.6 Å². The lowest BCUT2D eigenvalue weighted by atomic mass is 10.1. The molecule has 0 aliphatic carbocycles. The molecule has 2 rings (SSSR count). The van der Waals surface area contributed by atoms with E-state index in [2.05, 4.69) is 36.5 Å². The van der Waals surface area contributed by atoms with E-state index in [-0.39, 0.29) is 6.10 Å². The standard InChI is InChI=1S/C16H19NO.CH4O3S/c1-13-7-9-14(10-8-13)11-16(18)12-17-15-5-3-2-4-6-15;1-5(2,3)4/h2-10,16-18H,11-12H2,1H3;1H3,(H,2,3,4)/t16-;/m0./s1. The fourth-order valence-electron chi connectivity index (χ4n) is 1.86. The maximum atomic E-state index is 9.97. The average molecular weight is 337 g/mol. The molecule has 126 valence electrons. The summed E-state index contributed by atoms with van der Waals surface area (Å²) in [6, 6.07) is 18.2. The Labute approximate surface area is 137 Å². The fourth-order valence-corrected chi connectivity index (χ4v) is 1.86. The predicted molar refractivity (Wildman–Crippen MR) is 93.3 cm³/mol. The summed E-state index contributed by atoms with van der Waals surface area (Å²) >= 11 is 0. The molecule has 0 unspecified atom stereocenters. The van der Waals surface area contributed by atoms with Crippen molar-refractivity contribution in [2.24, 2.45) is 0 Å². The van der Waals surface area contributed by atoms with Gasteiger partial charge in [-0.05, 0) is 24.6 Å². The molecule has 0 fully saturated rings. The molecule has 0 aromatic heterocycles. The Morgan fingerprint density at radius 3 is 2.09 bits per heavy atom. The molecule has 5 nitrogen and oxygen atoms in total. The Hall–Kier alpha value is -1.89. The molecule has 0 radical (unpaired) electrons. The summed E-state index contributed by atoms with van der Waals surface area (Å²) in [5, 5.41) is 13.2. The van der Waals surface area contributed by atoms with Crippen LogP contribution in [0.25, 0.3) is 0 Å². The number of para-hydroxylation sites is 1. The Morgan fingerprint density at radius 2 is 1.57 bits per heavy atom. The third kappa shape index (κ3) is 10.5. The molecule has 0 aliphatic heterocycles. The van der Waals surface area contributed by atoms with Crippen molar-refractivity contribution in [1.82, 2.24) is 0 Å². The summed E-state index contributed by atoms with van der Waals surface area (Å²) in [4.78, 5) is 0. The van der Waals surface area contributed by atoms with Gasteiger partial charge >= 0.3 is 0 Å². The summed E-state index contributed by atoms with van der Waals surface area (Å²) < 4.78 is 25.9. The van der Waals surface area contributed by atoms with E-state index >= 15 is 0 Å². The molecule has 3 N–H and O–H groups in total. The lowest BCUT2D eigenvalue weighted by Gasteiger charge is -2.13. The summed E-state index contributed by atoms with van der Waals surface area (Å²) in [7, 11) is -3.67. The minimum atomic E-state index is -3.67. The van der Waals surface area contributed by atoms with Crippen LogP contribution in [0.5, 0.6) is 0 Å². The molecule has 1 atom stereocenters. The molecular weight excluding hydrogens is 314 g/mol. The van der Waals surface area contributed by atoms with Gasteiger partial charge in [-0.2, -0.15) is 8.42 Å². The summed E-state index contributed by atoms with van der Waals surface area (Å²) in [5.74, 6) is 0. The van der Waals surface area contributed by atoms with E-state index < -0.39 is 10.1 Å². The molecule has 0 saturated heterocycles. The quantitative estimate of drug-likeness (QED) is 0.730. The minimum absolute atomic E-state index is 0.368. The molecule has 2 aromatic rings. The highest BCUT2D eigenvalue weighted by Crippen LogP contribution is 2.08. The van der Waals surface area contributed by atoms with Crippen molar-refractivity contribution in [3.05, 3.63) is 65.7 Å². The first-order valence-corrected chi connectivity index (χ1v) is 9.04. The Kier molecular flexibility index (Phi) is 7.74. The van der Waals surface area contributed by atoms with Crippen LogP contribution in [0.1, 0.15) is 11.1 Å². The van der Waals surface area contributed by atoms with Gasteiger partial charge < -0.3 is 10.4 Å². The third-order valence-corrected chi connectivity index (χ3v) is 2.91. The minimum Gasteiger partial charge on any atom is -0.391 e. The Morgan fingerprint density at radius 1 is 1.04 bits per heavy atom. The van der Waals surface area contributed by atoms with Crippen molar-refractivity contribution in [3.63, 3.8) is 0 Å². The molecular formula is C17H23NO4S. The number of anilines is 1. The van der Waals surface area contributed by atoms with Crippen LogP contribution in [-0.2, 0) is 16.5 Å². The van der Waals surface area contributed by atoms with Crippen LogP contribution in [0.4, 0.5) is 5.69 Å². The van der Waals surface area contributed by atoms with Crippen molar-refractivity contribution in [2.75, 3.05) is 18.1 Å². The smallest absolute Gasteiger partial charge is 0.261 e. The van der Waals surface area contributed by atoms with Crippen molar-refractivity contribution < 1.29 is 18.1 Å². The van der Waals surface area contributed by atoms with E-state index in [1.165, 1.54) is 11.1 Å². The van der Waals surface area contributed by atoms with Crippen LogP contribution < -0.4 is 5.32 Å². The highest BCUT2D eigenvalue weighted by molar-refractivity contribution is 7.85. The molecule has 23 heavy (non-hydrogen) atoms. The second-order valence-electron chi connectivity index (χ2n) is 5.32. The predicted octanol–water partition coefficient (Wildman–Crippen LogP) is 2.51. The number of rotatable bonds is 5. The van der Waals surface area contributed by atoms with Gasteiger partial charge in [0.2, 0.25) is 0 Å². The number of benzene rings is 2. The van der Waals surface area contributed by atoms with Crippen LogP contribution in [0.2, 0.25) is 0 Å². The molecule has 0 aliphatic rings. The number of nitrogens with one attached hydrogen (secondary N) is 1. The lowest BCUT2D eigenvalue weighted by Crippen LogP contribution is -2.21. The Balaban J connectivity index is 0.000000463. The zero-order valence-electron chi connectivity index (χ0n) is 13.3. The van der Waals surface area contributed by atoms with Crippen LogP contribution in [0.3, 0.4) is 0 Å². The zero-order valence-corrected chi connectivity index (χ0v) is 14.1. The molecule has 0 bridgehead atoms. The maximum absolute atomic E-state index is 9.97. The average Bonchev–Trinajstić information content (AvgIpc) is 2.47. The number of hydrogen-bond donors (Lipinski definition) is 3. The van der Waals surface area contributed by atoms with Gasteiger partial charge in [0.05, 0.1) is 12.4 Å². The van der Waals surface area contributed by atoms with Gasteiger partial charge in [-0.15, -0.1) is 0 Å². The molecule has 0 heterocycles. The number of aryl methyl sites for hydroxylation is 1. The number of hydrogen-bond acceptors (Lipinski definition) is 4. The van der Waals surface area contributed by atoms with Crippen LogP contribution >= 0.6 is 0 Å². The normalized spacial score (nSPS) is 12.0. The van der Waals surface area contributed by atoms with E-state index in [4.69, 9.17) is 4.55 Å². The molecule has 0 saturated carbocycles. The van der Waals surface area contributed by atoms with Crippen molar-refractivity contribution in [1.29, 1.82) is 0 Å². The number of aliphatic hydroxyl groups is 1. The van der Waals surface area contributed by atoms with E-state index in [9.17, 15) is 13.5 Å². The Bertz CT molecular complexity index is 661. The summed E-state index contributed by atoms with van der Waals surface area (Å²) in [5.41, 5.74) is 3.46. The molecule has 6 heteroatoms. The van der Waals surface area contributed by atoms with E-state index in [0.29, 0.717) is 19.2 Å². The second-order valence-corrected chi connectivity index (χ2v) is 6.79. The topological polar surface area (TPSA) is 86.6 Å². The summed E-state index contributed by atoms with van der Waals surface area (Å²) in [6.45, 7) is 2.63. The van der Waals surface area contributed by atoms with E-state index in [1.54, 1.807) is 0 Å². The molecule has 2 aromatic carbocycles. The van der Waals surface area contributed by atoms with Crippen molar-refractivity contribution in [3.8, 4) is 0 Å². The zero-order chi connectivity index (χ0) is 17.3. The second kappa shape index (κ2) is 9.29. The van der Waals surface area contributed by atoms with Crippen LogP contribution in [0, 0.1) is 6.92 Å². The van der Waals surface area contributed by atoms with Gasteiger partial charge in [0, 0.05) is 18.7 Å². The van der Waals surface area contributed by atoms with E-state index in [1.807, 2.05) is 30.3 Å². The maximum Gasteiger partial charge on any atom is 0.261 e. The largest absolute Gasteiger partial charge is 0.391 e. The van der Waals surface area contributed by atoms with Crippen LogP contribution in [-0.4, -0.2) is 37.0 Å². The first-order chi connectivity index (χ1) is 10.7. The SMILES string of the molecule is CS(=O)(=O)O.Cc1ccc(C[C@H](O)CNc2ccccc2)cc1. The molecule has 0 spiro atoms. The van der Waals surface area contributed by atoms with Gasteiger partial charge in [0.15, 0.2) is 0 Å². The third-order valence-electron chi connectivity index (χ3n) is 2.91. The van der Waals surface area contributed by atoms with Gasteiger partial charge in [-0.3, -0.25) is 4.55 Å².